The Morgan fingerprint density at radius 1 is 1.31 bits per heavy atom. The summed E-state index contributed by atoms with van der Waals surface area (Å²) in [5, 5.41) is 7.39. The highest BCUT2D eigenvalue weighted by Gasteiger charge is 2.03. The maximum absolute atomic E-state index is 5.47. The average Bonchev–Trinajstić information content (AvgIpc) is 2.60. The van der Waals surface area contributed by atoms with Crippen molar-refractivity contribution in [1.82, 2.24) is 10.2 Å². The van der Waals surface area contributed by atoms with E-state index in [9.17, 15) is 0 Å². The van der Waals surface area contributed by atoms with Gasteiger partial charge < -0.3 is 13.9 Å². The molecule has 0 saturated heterocycles. The van der Waals surface area contributed by atoms with E-state index in [0.29, 0.717) is 31.6 Å². The molecular weight excluding hydrogens is 196 g/mol. The van der Waals surface area contributed by atoms with E-state index in [-0.39, 0.29) is 5.88 Å². The zero-order valence-corrected chi connectivity index (χ0v) is 8.08. The maximum Gasteiger partial charge on any atom is 0.242 e. The molecule has 0 N–H and O–H groups in total. The van der Waals surface area contributed by atoms with Crippen molar-refractivity contribution >= 4 is 11.6 Å². The van der Waals surface area contributed by atoms with Gasteiger partial charge in [-0.25, -0.2) is 0 Å². The van der Waals surface area contributed by atoms with Crippen molar-refractivity contribution in [2.75, 3.05) is 20.3 Å². The third kappa shape index (κ3) is 3.71. The largest absolute Gasteiger partial charge is 0.421 e. The number of hydrogen-bond donors (Lipinski definition) is 0. The summed E-state index contributed by atoms with van der Waals surface area (Å²) in [6, 6.07) is 0. The predicted octanol–water partition coefficient (Wildman–Crippen LogP) is 0.971. The molecule has 0 aliphatic heterocycles. The van der Waals surface area contributed by atoms with Gasteiger partial charge in [-0.15, -0.1) is 21.8 Å². The van der Waals surface area contributed by atoms with Crippen LogP contribution >= 0.6 is 11.6 Å². The molecule has 0 bridgehead atoms. The number of aromatic nitrogens is 2. The molecule has 0 radical (unpaired) electrons. The Morgan fingerprint density at radius 3 is 2.69 bits per heavy atom. The van der Waals surface area contributed by atoms with E-state index < -0.39 is 0 Å². The normalized spacial score (nSPS) is 10.6. The smallest absolute Gasteiger partial charge is 0.242 e. The van der Waals surface area contributed by atoms with E-state index in [4.69, 9.17) is 25.5 Å². The van der Waals surface area contributed by atoms with Crippen molar-refractivity contribution in [2.45, 2.75) is 12.5 Å². The van der Waals surface area contributed by atoms with Gasteiger partial charge in [0.1, 0.15) is 12.5 Å². The topological polar surface area (TPSA) is 57.4 Å². The van der Waals surface area contributed by atoms with E-state index >= 15 is 0 Å². The van der Waals surface area contributed by atoms with Gasteiger partial charge in [0, 0.05) is 7.11 Å². The first-order chi connectivity index (χ1) is 6.36. The van der Waals surface area contributed by atoms with Gasteiger partial charge in [-0.2, -0.15) is 0 Å². The summed E-state index contributed by atoms with van der Waals surface area (Å²) in [6.45, 7) is 1.36. The lowest BCUT2D eigenvalue weighted by Crippen LogP contribution is -2.01. The molecule has 1 aromatic rings. The second-order valence-electron chi connectivity index (χ2n) is 2.27. The van der Waals surface area contributed by atoms with Crippen molar-refractivity contribution in [3.63, 3.8) is 0 Å². The van der Waals surface area contributed by atoms with Gasteiger partial charge in [0.2, 0.25) is 11.8 Å². The summed E-state index contributed by atoms with van der Waals surface area (Å²) in [5.41, 5.74) is 0. The molecule has 0 spiro atoms. The van der Waals surface area contributed by atoms with E-state index in [0.717, 1.165) is 0 Å². The molecule has 1 heterocycles. The molecule has 0 unspecified atom stereocenters. The van der Waals surface area contributed by atoms with Crippen molar-refractivity contribution in [1.29, 1.82) is 0 Å². The molecule has 0 saturated carbocycles. The minimum absolute atomic E-state index is 0.227. The van der Waals surface area contributed by atoms with Crippen LogP contribution in [-0.4, -0.2) is 30.5 Å². The monoisotopic (exact) mass is 206 g/mol. The van der Waals surface area contributed by atoms with Gasteiger partial charge in [-0.05, 0) is 0 Å². The molecule has 0 aliphatic rings. The molecule has 13 heavy (non-hydrogen) atoms. The lowest BCUT2D eigenvalue weighted by molar-refractivity contribution is 0.0514. The zero-order chi connectivity index (χ0) is 9.52. The van der Waals surface area contributed by atoms with Crippen molar-refractivity contribution in [3.05, 3.63) is 11.8 Å². The second-order valence-corrected chi connectivity index (χ2v) is 2.54. The van der Waals surface area contributed by atoms with Crippen LogP contribution in [-0.2, 0) is 22.0 Å². The molecule has 74 valence electrons. The van der Waals surface area contributed by atoms with Crippen LogP contribution in [0.15, 0.2) is 4.42 Å². The highest BCUT2D eigenvalue weighted by Crippen LogP contribution is 2.03. The van der Waals surface area contributed by atoms with E-state index in [1.807, 2.05) is 0 Å². The first-order valence-corrected chi connectivity index (χ1v) is 4.34. The fraction of sp³-hybridized carbons (Fsp3) is 0.714. The number of methoxy groups -OCH3 is 1. The molecule has 6 heteroatoms. The van der Waals surface area contributed by atoms with Gasteiger partial charge in [0.15, 0.2) is 0 Å². The summed E-state index contributed by atoms with van der Waals surface area (Å²) in [5.74, 6) is 1.07. The number of hydrogen-bond acceptors (Lipinski definition) is 5. The number of ether oxygens (including phenoxy) is 2. The third-order valence-corrected chi connectivity index (χ3v) is 1.51. The SMILES string of the molecule is COCCOCc1nnc(CCl)o1. The fourth-order valence-electron chi connectivity index (χ4n) is 0.702. The Bertz CT molecular complexity index is 241. The molecular formula is C7H11ClN2O3. The Labute approximate surface area is 81.0 Å². The van der Waals surface area contributed by atoms with Crippen LogP contribution in [0.3, 0.4) is 0 Å². The number of alkyl halides is 1. The number of rotatable bonds is 6. The number of nitrogens with zero attached hydrogens (tertiary/aromatic N) is 2. The molecule has 0 amide bonds. The maximum atomic E-state index is 5.47. The lowest BCUT2D eigenvalue weighted by atomic mass is 10.7. The van der Waals surface area contributed by atoms with E-state index in [1.165, 1.54) is 0 Å². The predicted molar refractivity (Wildman–Crippen MR) is 45.4 cm³/mol. The van der Waals surface area contributed by atoms with E-state index in [2.05, 4.69) is 10.2 Å². The number of halogens is 1. The van der Waals surface area contributed by atoms with E-state index in [1.54, 1.807) is 7.11 Å². The quantitative estimate of drug-likeness (QED) is 0.513. The van der Waals surface area contributed by atoms with Crippen LogP contribution in [0, 0.1) is 0 Å². The van der Waals surface area contributed by atoms with Crippen LogP contribution in [0.1, 0.15) is 11.8 Å². The minimum atomic E-state index is 0.227. The standard InChI is InChI=1S/C7H11ClN2O3/c1-11-2-3-12-5-7-10-9-6(4-8)13-7/h2-5H2,1H3. The van der Waals surface area contributed by atoms with Crippen LogP contribution in [0.5, 0.6) is 0 Å². The highest BCUT2D eigenvalue weighted by atomic mass is 35.5. The van der Waals surface area contributed by atoms with Gasteiger partial charge >= 0.3 is 0 Å². The molecule has 5 nitrogen and oxygen atoms in total. The van der Waals surface area contributed by atoms with Crippen molar-refractivity contribution in [2.24, 2.45) is 0 Å². The van der Waals surface area contributed by atoms with Gasteiger partial charge in [0.25, 0.3) is 0 Å². The Balaban J connectivity index is 2.20. The summed E-state index contributed by atoms with van der Waals surface area (Å²) in [6.07, 6.45) is 0. The van der Waals surface area contributed by atoms with Crippen molar-refractivity contribution < 1.29 is 13.9 Å². The highest BCUT2D eigenvalue weighted by molar-refractivity contribution is 6.16. The average molecular weight is 207 g/mol. The Morgan fingerprint density at radius 2 is 2.08 bits per heavy atom. The molecule has 0 aliphatic carbocycles. The van der Waals surface area contributed by atoms with Crippen LogP contribution in [0.25, 0.3) is 0 Å². The Hall–Kier alpha value is -0.650. The fourth-order valence-corrected chi connectivity index (χ4v) is 0.810. The molecule has 0 fully saturated rings. The van der Waals surface area contributed by atoms with Crippen LogP contribution < -0.4 is 0 Å². The van der Waals surface area contributed by atoms with Gasteiger partial charge in [0.05, 0.1) is 13.2 Å². The third-order valence-electron chi connectivity index (χ3n) is 1.28. The second kappa shape index (κ2) is 5.90. The first kappa shape index (κ1) is 10.4. The summed E-state index contributed by atoms with van der Waals surface area (Å²) in [7, 11) is 1.61. The summed E-state index contributed by atoms with van der Waals surface area (Å²) in [4.78, 5) is 0. The van der Waals surface area contributed by atoms with Gasteiger partial charge in [-0.1, -0.05) is 0 Å². The van der Waals surface area contributed by atoms with Crippen LogP contribution in [0.4, 0.5) is 0 Å². The minimum Gasteiger partial charge on any atom is -0.421 e. The molecule has 0 aromatic carbocycles. The van der Waals surface area contributed by atoms with Crippen molar-refractivity contribution in [3.8, 4) is 0 Å². The molecule has 0 atom stereocenters. The molecule has 1 aromatic heterocycles. The van der Waals surface area contributed by atoms with Gasteiger partial charge in [-0.3, -0.25) is 0 Å². The Kier molecular flexibility index (Phi) is 4.74. The molecule has 1 rings (SSSR count). The first-order valence-electron chi connectivity index (χ1n) is 3.80. The zero-order valence-electron chi connectivity index (χ0n) is 7.33. The van der Waals surface area contributed by atoms with Crippen LogP contribution in [0.2, 0.25) is 0 Å². The summed E-state index contributed by atoms with van der Waals surface area (Å²) < 4.78 is 15.0. The lowest BCUT2D eigenvalue weighted by Gasteiger charge is -1.98. The summed E-state index contributed by atoms with van der Waals surface area (Å²) >= 11 is 5.47.